The maximum Gasteiger partial charge on any atom is 0.334 e. The van der Waals surface area contributed by atoms with E-state index in [0.29, 0.717) is 5.56 Å². The number of benzene rings is 1. The van der Waals surface area contributed by atoms with Crippen LogP contribution in [0.4, 0.5) is 0 Å². The molecule has 1 rings (SSSR count). The summed E-state index contributed by atoms with van der Waals surface area (Å²) in [7, 11) is -2.82. The second-order valence-electron chi connectivity index (χ2n) is 4.26. The van der Waals surface area contributed by atoms with Crippen LogP contribution in [0.3, 0.4) is 0 Å². The molecule has 1 aromatic rings. The first-order chi connectivity index (χ1) is 9.69. The zero-order valence-electron chi connectivity index (χ0n) is 11.5. The van der Waals surface area contributed by atoms with Gasteiger partial charge in [0.15, 0.2) is 6.10 Å². The van der Waals surface area contributed by atoms with Gasteiger partial charge in [-0.1, -0.05) is 6.07 Å². The number of ether oxygens (including phenoxy) is 1. The molecule has 116 valence electrons. The Labute approximate surface area is 122 Å². The zero-order chi connectivity index (χ0) is 16.2. The largest absolute Gasteiger partial charge is 0.479 e. The SMILES string of the molecule is COC(CNS(=O)(=O)c1ccc(C)c(C(N)=O)c1)C(=O)O. The fraction of sp³-hybridized carbons (Fsp3) is 0.333. The van der Waals surface area contributed by atoms with Crippen LogP contribution in [0.25, 0.3) is 0 Å². The van der Waals surface area contributed by atoms with Crippen LogP contribution >= 0.6 is 0 Å². The summed E-state index contributed by atoms with van der Waals surface area (Å²) < 4.78 is 30.8. The molecule has 0 aliphatic heterocycles. The lowest BCUT2D eigenvalue weighted by Gasteiger charge is -2.12. The van der Waals surface area contributed by atoms with E-state index in [9.17, 15) is 18.0 Å². The van der Waals surface area contributed by atoms with Gasteiger partial charge in [0.25, 0.3) is 0 Å². The van der Waals surface area contributed by atoms with Gasteiger partial charge in [-0.05, 0) is 24.6 Å². The van der Waals surface area contributed by atoms with Gasteiger partial charge in [-0.15, -0.1) is 0 Å². The van der Waals surface area contributed by atoms with Crippen LogP contribution in [0.5, 0.6) is 0 Å². The molecule has 1 amide bonds. The Hall–Kier alpha value is -1.97. The number of methoxy groups -OCH3 is 1. The zero-order valence-corrected chi connectivity index (χ0v) is 12.3. The van der Waals surface area contributed by atoms with E-state index in [1.54, 1.807) is 6.92 Å². The average molecular weight is 316 g/mol. The fourth-order valence-corrected chi connectivity index (χ4v) is 2.63. The number of nitrogens with one attached hydrogen (secondary N) is 1. The number of nitrogens with two attached hydrogens (primary N) is 1. The Balaban J connectivity index is 3.01. The molecule has 1 atom stereocenters. The van der Waals surface area contributed by atoms with Gasteiger partial charge in [-0.2, -0.15) is 0 Å². The number of carbonyl (C=O) groups excluding carboxylic acids is 1. The minimum Gasteiger partial charge on any atom is -0.479 e. The van der Waals surface area contributed by atoms with Crippen molar-refractivity contribution in [2.45, 2.75) is 17.9 Å². The normalized spacial score (nSPS) is 12.9. The number of amides is 1. The molecule has 21 heavy (non-hydrogen) atoms. The van der Waals surface area contributed by atoms with E-state index in [-0.39, 0.29) is 10.5 Å². The van der Waals surface area contributed by atoms with Gasteiger partial charge in [0.1, 0.15) is 0 Å². The number of carbonyl (C=O) groups is 2. The summed E-state index contributed by atoms with van der Waals surface area (Å²) >= 11 is 0. The molecule has 0 fully saturated rings. The van der Waals surface area contributed by atoms with Crippen LogP contribution in [0, 0.1) is 6.92 Å². The predicted octanol–water partition coefficient (Wildman–Crippen LogP) is -0.528. The number of aryl methyl sites for hydroxylation is 1. The Morgan fingerprint density at radius 1 is 1.43 bits per heavy atom. The number of carboxylic acid groups (broad SMARTS) is 1. The molecule has 4 N–H and O–H groups in total. The van der Waals surface area contributed by atoms with Crippen LogP contribution in [0.15, 0.2) is 23.1 Å². The van der Waals surface area contributed by atoms with Crippen molar-refractivity contribution < 1.29 is 27.9 Å². The van der Waals surface area contributed by atoms with Crippen molar-refractivity contribution in [3.8, 4) is 0 Å². The van der Waals surface area contributed by atoms with Gasteiger partial charge in [-0.3, -0.25) is 4.79 Å². The first-order valence-corrected chi connectivity index (χ1v) is 7.33. The van der Waals surface area contributed by atoms with Crippen LogP contribution in [-0.2, 0) is 19.6 Å². The molecule has 0 aromatic heterocycles. The number of primary amides is 1. The molecule has 9 heteroatoms. The molecule has 0 aliphatic carbocycles. The maximum absolute atomic E-state index is 12.0. The summed E-state index contributed by atoms with van der Waals surface area (Å²) in [6.45, 7) is 1.18. The fourth-order valence-electron chi connectivity index (χ4n) is 1.57. The van der Waals surface area contributed by atoms with E-state index >= 15 is 0 Å². The molecule has 0 saturated carbocycles. The smallest absolute Gasteiger partial charge is 0.334 e. The van der Waals surface area contributed by atoms with Crippen molar-refractivity contribution >= 4 is 21.9 Å². The number of rotatable bonds is 7. The first kappa shape index (κ1) is 17.1. The third-order valence-corrected chi connectivity index (χ3v) is 4.22. The maximum atomic E-state index is 12.0. The van der Waals surface area contributed by atoms with Crippen LogP contribution in [0.2, 0.25) is 0 Å². The number of sulfonamides is 1. The van der Waals surface area contributed by atoms with Gasteiger partial charge in [-0.25, -0.2) is 17.9 Å². The van der Waals surface area contributed by atoms with Crippen LogP contribution in [0.1, 0.15) is 15.9 Å². The van der Waals surface area contributed by atoms with Crippen molar-refractivity contribution in [3.05, 3.63) is 29.3 Å². The summed E-state index contributed by atoms with van der Waals surface area (Å²) in [5.41, 5.74) is 5.78. The van der Waals surface area contributed by atoms with E-state index in [1.165, 1.54) is 12.1 Å². The number of carboxylic acids is 1. The van der Waals surface area contributed by atoms with Gasteiger partial charge in [0.2, 0.25) is 15.9 Å². The molecule has 0 heterocycles. The Morgan fingerprint density at radius 3 is 2.52 bits per heavy atom. The topological polar surface area (TPSA) is 136 Å². The van der Waals surface area contributed by atoms with E-state index in [4.69, 9.17) is 10.8 Å². The van der Waals surface area contributed by atoms with E-state index < -0.39 is 34.5 Å². The van der Waals surface area contributed by atoms with E-state index in [1.807, 2.05) is 0 Å². The number of hydrogen-bond acceptors (Lipinski definition) is 5. The van der Waals surface area contributed by atoms with Crippen molar-refractivity contribution in [1.82, 2.24) is 4.72 Å². The second-order valence-corrected chi connectivity index (χ2v) is 6.02. The van der Waals surface area contributed by atoms with Crippen molar-refractivity contribution in [2.24, 2.45) is 5.73 Å². The van der Waals surface area contributed by atoms with Crippen molar-refractivity contribution in [3.63, 3.8) is 0 Å². The molecule has 0 bridgehead atoms. The van der Waals surface area contributed by atoms with Crippen molar-refractivity contribution in [1.29, 1.82) is 0 Å². The quantitative estimate of drug-likeness (QED) is 0.619. The van der Waals surface area contributed by atoms with Crippen LogP contribution < -0.4 is 10.5 Å². The monoisotopic (exact) mass is 316 g/mol. The minimum atomic E-state index is -3.97. The molecular weight excluding hydrogens is 300 g/mol. The molecule has 0 radical (unpaired) electrons. The first-order valence-electron chi connectivity index (χ1n) is 5.84. The number of aliphatic carboxylic acids is 1. The molecular formula is C12H16N2O6S. The third kappa shape index (κ3) is 4.25. The van der Waals surface area contributed by atoms with E-state index in [2.05, 4.69) is 9.46 Å². The summed E-state index contributed by atoms with van der Waals surface area (Å²) in [4.78, 5) is 21.8. The standard InChI is InChI=1S/C12H16N2O6S/c1-7-3-4-8(5-9(7)11(13)15)21(18,19)14-6-10(20-2)12(16)17/h3-5,10,14H,6H2,1-2H3,(H2,13,15)(H,16,17). The highest BCUT2D eigenvalue weighted by molar-refractivity contribution is 7.89. The number of hydrogen-bond donors (Lipinski definition) is 3. The molecule has 0 saturated heterocycles. The lowest BCUT2D eigenvalue weighted by Crippen LogP contribution is -2.37. The molecule has 8 nitrogen and oxygen atoms in total. The summed E-state index contributed by atoms with van der Waals surface area (Å²) in [6, 6.07) is 3.88. The Morgan fingerprint density at radius 2 is 2.05 bits per heavy atom. The van der Waals surface area contributed by atoms with Gasteiger partial charge in [0, 0.05) is 19.2 Å². The van der Waals surface area contributed by atoms with Gasteiger partial charge in [0.05, 0.1) is 4.90 Å². The predicted molar refractivity (Wildman–Crippen MR) is 73.3 cm³/mol. The van der Waals surface area contributed by atoms with Gasteiger partial charge < -0.3 is 15.6 Å². The molecule has 1 aromatic carbocycles. The molecule has 0 spiro atoms. The second kappa shape index (κ2) is 6.66. The highest BCUT2D eigenvalue weighted by Gasteiger charge is 2.22. The minimum absolute atomic E-state index is 0.0828. The summed E-state index contributed by atoms with van der Waals surface area (Å²) in [6.07, 6.45) is -1.30. The Bertz CT molecular complexity index is 656. The molecule has 0 aliphatic rings. The summed E-state index contributed by atoms with van der Waals surface area (Å²) in [5, 5.41) is 8.77. The lowest BCUT2D eigenvalue weighted by atomic mass is 10.1. The average Bonchev–Trinajstić information content (AvgIpc) is 2.38. The van der Waals surface area contributed by atoms with Gasteiger partial charge >= 0.3 is 5.97 Å². The van der Waals surface area contributed by atoms with Crippen molar-refractivity contribution in [2.75, 3.05) is 13.7 Å². The lowest BCUT2D eigenvalue weighted by molar-refractivity contribution is -0.147. The summed E-state index contributed by atoms with van der Waals surface area (Å²) in [5.74, 6) is -2.04. The Kier molecular flexibility index (Phi) is 5.41. The highest BCUT2D eigenvalue weighted by atomic mass is 32.2. The van der Waals surface area contributed by atoms with E-state index in [0.717, 1.165) is 13.2 Å². The highest BCUT2D eigenvalue weighted by Crippen LogP contribution is 2.15. The molecule has 1 unspecified atom stereocenters. The van der Waals surface area contributed by atoms with Crippen LogP contribution in [-0.4, -0.2) is 45.2 Å². The third-order valence-electron chi connectivity index (χ3n) is 2.80.